The van der Waals surface area contributed by atoms with Gasteiger partial charge in [0.05, 0.1) is 11.8 Å². The Labute approximate surface area is 87.4 Å². The van der Waals surface area contributed by atoms with Crippen molar-refractivity contribution in [3.63, 3.8) is 0 Å². The van der Waals surface area contributed by atoms with Gasteiger partial charge in [-0.1, -0.05) is 0 Å². The van der Waals surface area contributed by atoms with Gasteiger partial charge in [-0.3, -0.25) is 14.9 Å². The number of hydrogen-bond donors (Lipinski definition) is 1. The second-order valence-corrected chi connectivity index (χ2v) is 3.44. The van der Waals surface area contributed by atoms with Crippen LogP contribution in [-0.2, 0) is 0 Å². The van der Waals surface area contributed by atoms with Gasteiger partial charge >= 0.3 is 0 Å². The van der Waals surface area contributed by atoms with Gasteiger partial charge in [0.1, 0.15) is 0 Å². The summed E-state index contributed by atoms with van der Waals surface area (Å²) in [5.41, 5.74) is 3.11. The van der Waals surface area contributed by atoms with Crippen LogP contribution >= 0.6 is 0 Å². The third kappa shape index (κ3) is 1.79. The number of hydrogen-bond acceptors (Lipinski definition) is 3. The van der Waals surface area contributed by atoms with E-state index in [4.69, 9.17) is 0 Å². The Hall–Kier alpha value is -1.97. The summed E-state index contributed by atoms with van der Waals surface area (Å²) in [5.74, 6) is -0.0562. The van der Waals surface area contributed by atoms with Crippen molar-refractivity contribution in [2.75, 3.05) is 0 Å². The topological polar surface area (TPSA) is 58.6 Å². The smallest absolute Gasteiger partial charge is 0.197 e. The van der Waals surface area contributed by atoms with Crippen molar-refractivity contribution in [2.24, 2.45) is 0 Å². The van der Waals surface area contributed by atoms with Crippen molar-refractivity contribution in [2.45, 2.75) is 13.8 Å². The first-order valence-corrected chi connectivity index (χ1v) is 4.65. The number of pyridine rings is 1. The van der Waals surface area contributed by atoms with E-state index >= 15 is 0 Å². The average Bonchev–Trinajstić information content (AvgIpc) is 2.74. The van der Waals surface area contributed by atoms with Crippen LogP contribution in [0.25, 0.3) is 0 Å². The van der Waals surface area contributed by atoms with E-state index in [0.29, 0.717) is 11.1 Å². The average molecular weight is 201 g/mol. The monoisotopic (exact) mass is 201 g/mol. The molecule has 0 unspecified atom stereocenters. The highest BCUT2D eigenvalue weighted by molar-refractivity contribution is 6.08. The van der Waals surface area contributed by atoms with Crippen molar-refractivity contribution in [1.82, 2.24) is 15.2 Å². The first kappa shape index (κ1) is 9.58. The molecule has 0 aliphatic carbocycles. The van der Waals surface area contributed by atoms with E-state index in [1.54, 1.807) is 12.4 Å². The molecule has 0 bridgehead atoms. The maximum absolute atomic E-state index is 11.9. The van der Waals surface area contributed by atoms with Crippen LogP contribution in [0.1, 0.15) is 27.2 Å². The summed E-state index contributed by atoms with van der Waals surface area (Å²) in [7, 11) is 0. The molecule has 2 rings (SSSR count). The molecule has 0 fully saturated rings. The molecule has 2 aromatic heterocycles. The number of aromatic nitrogens is 3. The van der Waals surface area contributed by atoms with Gasteiger partial charge in [0.15, 0.2) is 5.78 Å². The van der Waals surface area contributed by atoms with Crippen molar-refractivity contribution >= 4 is 5.78 Å². The lowest BCUT2D eigenvalue weighted by atomic mass is 10.1. The predicted molar refractivity (Wildman–Crippen MR) is 55.7 cm³/mol. The Bertz CT molecular complexity index is 489. The van der Waals surface area contributed by atoms with E-state index in [1.165, 1.54) is 6.20 Å². The van der Waals surface area contributed by atoms with Crippen LogP contribution in [0.5, 0.6) is 0 Å². The van der Waals surface area contributed by atoms with E-state index < -0.39 is 0 Å². The molecular formula is C11H11N3O. The summed E-state index contributed by atoms with van der Waals surface area (Å²) in [5, 5.41) is 6.36. The van der Waals surface area contributed by atoms with Crippen LogP contribution < -0.4 is 0 Å². The molecule has 0 atom stereocenters. The zero-order valence-electron chi connectivity index (χ0n) is 8.61. The molecule has 0 saturated heterocycles. The van der Waals surface area contributed by atoms with E-state index in [0.717, 1.165) is 11.3 Å². The van der Waals surface area contributed by atoms with E-state index in [9.17, 15) is 4.79 Å². The molecule has 0 aliphatic rings. The molecule has 0 spiro atoms. The van der Waals surface area contributed by atoms with Gasteiger partial charge in [0, 0.05) is 23.7 Å². The minimum absolute atomic E-state index is 0.0562. The lowest BCUT2D eigenvalue weighted by Crippen LogP contribution is -2.02. The number of aromatic amines is 1. The maximum Gasteiger partial charge on any atom is 0.197 e. The summed E-state index contributed by atoms with van der Waals surface area (Å²) < 4.78 is 0. The Kier molecular flexibility index (Phi) is 2.33. The van der Waals surface area contributed by atoms with Gasteiger partial charge in [-0.25, -0.2) is 0 Å². The molecule has 2 heterocycles. The van der Waals surface area contributed by atoms with Crippen LogP contribution in [0, 0.1) is 13.8 Å². The van der Waals surface area contributed by atoms with Crippen molar-refractivity contribution in [1.29, 1.82) is 0 Å². The predicted octanol–water partition coefficient (Wildman–Crippen LogP) is 1.65. The Balaban J connectivity index is 2.39. The first-order chi connectivity index (χ1) is 7.18. The maximum atomic E-state index is 11.9. The molecule has 76 valence electrons. The second-order valence-electron chi connectivity index (χ2n) is 3.44. The molecule has 15 heavy (non-hydrogen) atoms. The van der Waals surface area contributed by atoms with Crippen LogP contribution in [-0.4, -0.2) is 21.0 Å². The highest BCUT2D eigenvalue weighted by Crippen LogP contribution is 2.10. The first-order valence-electron chi connectivity index (χ1n) is 4.65. The van der Waals surface area contributed by atoms with Crippen LogP contribution in [0.15, 0.2) is 24.7 Å². The lowest BCUT2D eigenvalue weighted by Gasteiger charge is -2.01. The molecule has 2 aromatic rings. The largest absolute Gasteiger partial charge is 0.288 e. The van der Waals surface area contributed by atoms with E-state index in [1.807, 2.05) is 19.9 Å². The molecule has 0 amide bonds. The van der Waals surface area contributed by atoms with E-state index in [-0.39, 0.29) is 5.78 Å². The fraction of sp³-hybridized carbons (Fsp3) is 0.182. The fourth-order valence-electron chi connectivity index (χ4n) is 1.31. The van der Waals surface area contributed by atoms with Crippen molar-refractivity contribution in [3.05, 3.63) is 47.0 Å². The van der Waals surface area contributed by atoms with E-state index in [2.05, 4.69) is 15.2 Å². The van der Waals surface area contributed by atoms with Gasteiger partial charge in [-0.05, 0) is 25.5 Å². The molecule has 0 aliphatic heterocycles. The Morgan fingerprint density at radius 1 is 1.27 bits per heavy atom. The van der Waals surface area contributed by atoms with Gasteiger partial charge in [0.25, 0.3) is 0 Å². The van der Waals surface area contributed by atoms with Crippen LogP contribution in [0.3, 0.4) is 0 Å². The number of carbonyl (C=O) groups is 1. The quantitative estimate of drug-likeness (QED) is 0.751. The number of nitrogens with zero attached hydrogens (tertiary/aromatic N) is 2. The fourth-order valence-corrected chi connectivity index (χ4v) is 1.31. The standard InChI is InChI=1S/C11H11N3O/c1-7-3-9(4-12-8(7)2)11(15)10-5-13-14-6-10/h3-6H,1-2H3,(H,13,14). The molecular weight excluding hydrogens is 190 g/mol. The third-order valence-electron chi connectivity index (χ3n) is 2.36. The molecule has 0 radical (unpaired) electrons. The van der Waals surface area contributed by atoms with Crippen LogP contribution in [0.2, 0.25) is 0 Å². The third-order valence-corrected chi connectivity index (χ3v) is 2.36. The number of rotatable bonds is 2. The van der Waals surface area contributed by atoms with Crippen LogP contribution in [0.4, 0.5) is 0 Å². The van der Waals surface area contributed by atoms with Crippen molar-refractivity contribution in [3.8, 4) is 0 Å². The zero-order valence-corrected chi connectivity index (χ0v) is 8.61. The summed E-state index contributed by atoms with van der Waals surface area (Å²) in [6, 6.07) is 1.84. The minimum atomic E-state index is -0.0562. The lowest BCUT2D eigenvalue weighted by molar-refractivity contribution is 0.103. The van der Waals surface area contributed by atoms with Gasteiger partial charge in [-0.2, -0.15) is 5.10 Å². The minimum Gasteiger partial charge on any atom is -0.288 e. The Morgan fingerprint density at radius 3 is 2.67 bits per heavy atom. The highest BCUT2D eigenvalue weighted by Gasteiger charge is 2.10. The highest BCUT2D eigenvalue weighted by atomic mass is 16.1. The number of ketones is 1. The summed E-state index contributed by atoms with van der Waals surface area (Å²) in [4.78, 5) is 16.0. The molecule has 0 saturated carbocycles. The van der Waals surface area contributed by atoms with Gasteiger partial charge < -0.3 is 0 Å². The normalized spacial score (nSPS) is 10.3. The summed E-state index contributed by atoms with van der Waals surface area (Å²) >= 11 is 0. The van der Waals surface area contributed by atoms with Crippen molar-refractivity contribution < 1.29 is 4.79 Å². The molecule has 4 nitrogen and oxygen atoms in total. The number of carbonyl (C=O) groups excluding carboxylic acids is 1. The second kappa shape index (κ2) is 3.65. The van der Waals surface area contributed by atoms with Gasteiger partial charge in [-0.15, -0.1) is 0 Å². The van der Waals surface area contributed by atoms with Gasteiger partial charge in [0.2, 0.25) is 0 Å². The zero-order chi connectivity index (χ0) is 10.8. The molecule has 4 heteroatoms. The molecule has 1 N–H and O–H groups in total. The Morgan fingerprint density at radius 2 is 2.07 bits per heavy atom. The SMILES string of the molecule is Cc1cc(C(=O)c2cn[nH]c2)cnc1C. The molecule has 0 aromatic carbocycles. The number of H-pyrrole nitrogens is 1. The summed E-state index contributed by atoms with van der Waals surface area (Å²) in [6.07, 6.45) is 4.69. The summed E-state index contributed by atoms with van der Waals surface area (Å²) in [6.45, 7) is 3.86. The number of nitrogens with one attached hydrogen (secondary N) is 1. The number of aryl methyl sites for hydroxylation is 2.